The predicted octanol–water partition coefficient (Wildman–Crippen LogP) is 5.96. The molecule has 4 heterocycles. The molecule has 0 bridgehead atoms. The third-order valence-corrected chi connectivity index (χ3v) is 11.2. The number of nitrogens with one attached hydrogen (secondary N) is 2. The van der Waals surface area contributed by atoms with Gasteiger partial charge in [-0.1, -0.05) is 6.07 Å². The van der Waals surface area contributed by atoms with Gasteiger partial charge in [0.05, 0.1) is 34.8 Å². The summed E-state index contributed by atoms with van der Waals surface area (Å²) in [6.07, 6.45) is 8.99. The smallest absolute Gasteiger partial charge is 0.229 e. The molecule has 0 radical (unpaired) electrons. The minimum Gasteiger partial charge on any atom is -0.495 e. The van der Waals surface area contributed by atoms with Crippen LogP contribution in [0.15, 0.2) is 59.6 Å². The number of likely N-dealkylation sites (N-methyl/N-ethyl adjacent to an activating group) is 1. The Hall–Kier alpha value is -3.57. The second kappa shape index (κ2) is 14.3. The lowest BCUT2D eigenvalue weighted by Gasteiger charge is -2.42. The first kappa shape index (κ1) is 33.3. The Kier molecular flexibility index (Phi) is 10.1. The van der Waals surface area contributed by atoms with Gasteiger partial charge in [0.2, 0.25) is 5.95 Å². The molecule has 11 nitrogen and oxygen atoms in total. The van der Waals surface area contributed by atoms with Gasteiger partial charge in [-0.25, -0.2) is 4.98 Å². The molecule has 0 atom stereocenters. The second-order valence-electron chi connectivity index (χ2n) is 12.7. The Balaban J connectivity index is 1.19. The van der Waals surface area contributed by atoms with Gasteiger partial charge in [-0.15, -0.1) is 0 Å². The number of hydrogen-bond acceptors (Lipinski definition) is 11. The standard InChI is InChI=1S/C34H43BrN9O2P/c1-23-18-30(44-12-8-25(9-13-44)43-16-14-42(2)15-17-43)31(46-3)20-28(23)40-34-38-21-26(35)33(41-34)39-27-7-6-24(19-32(27)47(4,5)45)29-22-36-10-11-37-29/h6-7,10-11,18-22,25H,8-9,12-17H2,1-5H3,(H2,38,39,40,41). The van der Waals surface area contributed by atoms with E-state index in [4.69, 9.17) is 9.72 Å². The molecule has 2 aromatic carbocycles. The largest absolute Gasteiger partial charge is 0.495 e. The van der Waals surface area contributed by atoms with Crippen molar-refractivity contribution < 1.29 is 9.30 Å². The highest BCUT2D eigenvalue weighted by Crippen LogP contribution is 2.41. The van der Waals surface area contributed by atoms with Crippen LogP contribution in [0.3, 0.4) is 0 Å². The van der Waals surface area contributed by atoms with Crippen molar-refractivity contribution in [1.29, 1.82) is 0 Å². The number of nitrogens with zero attached hydrogens (tertiary/aromatic N) is 7. The second-order valence-corrected chi connectivity index (χ2v) is 16.7. The van der Waals surface area contributed by atoms with Crippen molar-refractivity contribution in [2.24, 2.45) is 0 Å². The molecular weight excluding hydrogens is 677 g/mol. The molecule has 248 valence electrons. The lowest BCUT2D eigenvalue weighted by atomic mass is 10.0. The molecule has 2 fully saturated rings. The Morgan fingerprint density at radius 3 is 2.38 bits per heavy atom. The Morgan fingerprint density at radius 2 is 1.70 bits per heavy atom. The Bertz CT molecular complexity index is 1750. The van der Waals surface area contributed by atoms with Crippen molar-refractivity contribution >= 4 is 57.2 Å². The quantitative estimate of drug-likeness (QED) is 0.200. The highest BCUT2D eigenvalue weighted by molar-refractivity contribution is 9.10. The summed E-state index contributed by atoms with van der Waals surface area (Å²) in [5.41, 5.74) is 5.33. The predicted molar refractivity (Wildman–Crippen MR) is 195 cm³/mol. The molecule has 2 aliphatic rings. The number of methoxy groups -OCH3 is 1. The van der Waals surface area contributed by atoms with E-state index in [1.807, 2.05) is 24.3 Å². The zero-order chi connectivity index (χ0) is 33.1. The van der Waals surface area contributed by atoms with E-state index in [0.29, 0.717) is 33.3 Å². The lowest BCUT2D eigenvalue weighted by Crippen LogP contribution is -2.52. The number of halogens is 1. The highest BCUT2D eigenvalue weighted by atomic mass is 79.9. The van der Waals surface area contributed by atoms with Crippen LogP contribution >= 0.6 is 23.1 Å². The number of aryl methyl sites for hydroxylation is 1. The number of hydrogen-bond donors (Lipinski definition) is 2. The third kappa shape index (κ3) is 7.78. The normalized spacial score (nSPS) is 16.7. The van der Waals surface area contributed by atoms with Crippen molar-refractivity contribution in [2.45, 2.75) is 25.8 Å². The fraction of sp³-hybridized carbons (Fsp3) is 0.412. The molecule has 0 saturated carbocycles. The third-order valence-electron chi connectivity index (χ3n) is 9.07. The van der Waals surface area contributed by atoms with Gasteiger partial charge < -0.3 is 29.7 Å². The maximum Gasteiger partial charge on any atom is 0.229 e. The number of rotatable bonds is 9. The van der Waals surface area contributed by atoms with Crippen molar-refractivity contribution in [3.63, 3.8) is 0 Å². The maximum atomic E-state index is 13.4. The Labute approximate surface area is 285 Å². The minimum absolute atomic E-state index is 0.426. The molecule has 4 aromatic rings. The number of ether oxygens (including phenoxy) is 1. The fourth-order valence-corrected chi connectivity index (χ4v) is 7.78. The maximum absolute atomic E-state index is 13.4. The van der Waals surface area contributed by atoms with Crippen molar-refractivity contribution in [2.75, 3.05) is 82.3 Å². The molecule has 47 heavy (non-hydrogen) atoms. The van der Waals surface area contributed by atoms with E-state index in [9.17, 15) is 4.57 Å². The summed E-state index contributed by atoms with van der Waals surface area (Å²) in [5.74, 6) is 1.80. The monoisotopic (exact) mass is 719 g/mol. The summed E-state index contributed by atoms with van der Waals surface area (Å²) in [7, 11) is 1.26. The first-order chi connectivity index (χ1) is 22.6. The molecular formula is C34H43BrN9O2P. The van der Waals surface area contributed by atoms with E-state index < -0.39 is 7.14 Å². The first-order valence-electron chi connectivity index (χ1n) is 16.0. The number of anilines is 5. The average molecular weight is 721 g/mol. The SMILES string of the molecule is COc1cc(Nc2ncc(Br)c(Nc3ccc(-c4cnccn4)cc3P(C)(C)=O)n2)c(C)cc1N1CCC(N2CCN(C)CC2)CC1. The van der Waals surface area contributed by atoms with Crippen molar-refractivity contribution in [1.82, 2.24) is 29.7 Å². The van der Waals surface area contributed by atoms with Crippen LogP contribution in [-0.4, -0.2) is 103 Å². The highest BCUT2D eigenvalue weighted by Gasteiger charge is 2.28. The number of aromatic nitrogens is 4. The van der Waals surface area contributed by atoms with Gasteiger partial charge in [0, 0.05) is 86.5 Å². The molecule has 2 aliphatic heterocycles. The van der Waals surface area contributed by atoms with Crippen LogP contribution in [0.25, 0.3) is 11.3 Å². The summed E-state index contributed by atoms with van der Waals surface area (Å²) in [6, 6.07) is 10.6. The summed E-state index contributed by atoms with van der Waals surface area (Å²) < 4.78 is 20.0. The van der Waals surface area contributed by atoms with Crippen LogP contribution in [0, 0.1) is 6.92 Å². The molecule has 0 amide bonds. The van der Waals surface area contributed by atoms with Gasteiger partial charge in [-0.3, -0.25) is 14.9 Å². The van der Waals surface area contributed by atoms with Crippen LogP contribution in [0.5, 0.6) is 5.75 Å². The molecule has 2 saturated heterocycles. The molecule has 0 unspecified atom stereocenters. The van der Waals surface area contributed by atoms with Crippen LogP contribution in [-0.2, 0) is 4.57 Å². The molecule has 13 heteroatoms. The average Bonchev–Trinajstić information content (AvgIpc) is 3.07. The van der Waals surface area contributed by atoms with E-state index in [1.54, 1.807) is 45.2 Å². The van der Waals surface area contributed by atoms with Gasteiger partial charge in [0.15, 0.2) is 0 Å². The van der Waals surface area contributed by atoms with Gasteiger partial charge >= 0.3 is 0 Å². The molecule has 0 aliphatic carbocycles. The van der Waals surface area contributed by atoms with Crippen LogP contribution < -0.4 is 25.6 Å². The summed E-state index contributed by atoms with van der Waals surface area (Å²) in [5, 5.41) is 7.48. The van der Waals surface area contributed by atoms with Crippen LogP contribution in [0.1, 0.15) is 18.4 Å². The molecule has 0 spiro atoms. The van der Waals surface area contributed by atoms with E-state index in [-0.39, 0.29) is 0 Å². The number of piperazine rings is 1. The van der Waals surface area contributed by atoms with E-state index in [0.717, 1.165) is 86.1 Å². The zero-order valence-corrected chi connectivity index (χ0v) is 30.2. The van der Waals surface area contributed by atoms with Gasteiger partial charge in [0.25, 0.3) is 0 Å². The topological polar surface area (TPSA) is 112 Å². The van der Waals surface area contributed by atoms with Crippen molar-refractivity contribution in [3.05, 3.63) is 65.2 Å². The number of benzene rings is 2. The number of piperidine rings is 1. The molecule has 2 aromatic heterocycles. The fourth-order valence-electron chi connectivity index (χ4n) is 6.33. The van der Waals surface area contributed by atoms with Gasteiger partial charge in [-0.05, 0) is 79.8 Å². The molecule has 2 N–H and O–H groups in total. The molecule has 6 rings (SSSR count). The van der Waals surface area contributed by atoms with Crippen LogP contribution in [0.2, 0.25) is 0 Å². The first-order valence-corrected chi connectivity index (χ1v) is 19.4. The lowest BCUT2D eigenvalue weighted by molar-refractivity contribution is 0.0981. The summed E-state index contributed by atoms with van der Waals surface area (Å²) in [4.78, 5) is 25.4. The van der Waals surface area contributed by atoms with Gasteiger partial charge in [0.1, 0.15) is 18.7 Å². The van der Waals surface area contributed by atoms with E-state index in [2.05, 4.69) is 76.3 Å². The zero-order valence-electron chi connectivity index (χ0n) is 27.7. The summed E-state index contributed by atoms with van der Waals surface area (Å²) in [6.45, 7) is 12.2. The minimum atomic E-state index is -2.67. The van der Waals surface area contributed by atoms with E-state index in [1.165, 1.54) is 0 Å². The van der Waals surface area contributed by atoms with Crippen LogP contribution in [0.4, 0.5) is 28.8 Å². The van der Waals surface area contributed by atoms with E-state index >= 15 is 0 Å². The summed E-state index contributed by atoms with van der Waals surface area (Å²) >= 11 is 3.59. The van der Waals surface area contributed by atoms with Gasteiger partial charge in [-0.2, -0.15) is 4.98 Å². The Morgan fingerprint density at radius 1 is 0.936 bits per heavy atom. The van der Waals surface area contributed by atoms with Crippen molar-refractivity contribution in [3.8, 4) is 17.0 Å².